The maximum Gasteiger partial charge on any atom is 0.320 e. The van der Waals surface area contributed by atoms with Crippen LogP contribution in [0.2, 0.25) is 0 Å². The van der Waals surface area contributed by atoms with Crippen LogP contribution in [0, 0.1) is 5.41 Å². The molecule has 0 atom stereocenters. The Labute approximate surface area is 168 Å². The van der Waals surface area contributed by atoms with E-state index in [-0.39, 0.29) is 17.9 Å². The Bertz CT molecular complexity index is 781. The van der Waals surface area contributed by atoms with Crippen molar-refractivity contribution in [2.45, 2.75) is 52.9 Å². The second-order valence-electron chi connectivity index (χ2n) is 8.82. The molecule has 3 amide bonds. The molecular formula is C23H33N3O2. The minimum Gasteiger partial charge on any atom is -0.366 e. The number of urea groups is 1. The van der Waals surface area contributed by atoms with Crippen LogP contribution in [0.4, 0.5) is 4.79 Å². The van der Waals surface area contributed by atoms with Gasteiger partial charge in [0.25, 0.3) is 0 Å². The maximum atomic E-state index is 12.5. The van der Waals surface area contributed by atoms with E-state index in [9.17, 15) is 9.59 Å². The minimum atomic E-state index is -0.378. The van der Waals surface area contributed by atoms with Gasteiger partial charge in [-0.25, -0.2) is 4.79 Å². The SMILES string of the molecule is CCN1CC(c2ccc(C(N)=O)c(C3=CCC(C)(C)CC3)c2)CN(CC)C1=O. The Balaban J connectivity index is 1.96. The Morgan fingerprint density at radius 3 is 2.32 bits per heavy atom. The van der Waals surface area contributed by atoms with E-state index in [0.717, 1.165) is 24.8 Å². The molecular weight excluding hydrogens is 350 g/mol. The smallest absolute Gasteiger partial charge is 0.320 e. The van der Waals surface area contributed by atoms with Crippen LogP contribution >= 0.6 is 0 Å². The quantitative estimate of drug-likeness (QED) is 0.826. The lowest BCUT2D eigenvalue weighted by Crippen LogP contribution is -2.52. The fraction of sp³-hybridized carbons (Fsp3) is 0.565. The van der Waals surface area contributed by atoms with Gasteiger partial charge in [-0.05, 0) is 61.3 Å². The van der Waals surface area contributed by atoms with Crippen molar-refractivity contribution >= 4 is 17.5 Å². The van der Waals surface area contributed by atoms with E-state index in [2.05, 4.69) is 26.0 Å². The highest BCUT2D eigenvalue weighted by Crippen LogP contribution is 2.39. The fourth-order valence-electron chi connectivity index (χ4n) is 4.30. The van der Waals surface area contributed by atoms with Crippen molar-refractivity contribution in [3.63, 3.8) is 0 Å². The lowest BCUT2D eigenvalue weighted by Gasteiger charge is -2.39. The molecule has 2 N–H and O–H groups in total. The molecule has 28 heavy (non-hydrogen) atoms. The van der Waals surface area contributed by atoms with Crippen molar-refractivity contribution in [3.05, 3.63) is 41.0 Å². The molecule has 1 aromatic rings. The van der Waals surface area contributed by atoms with E-state index in [1.54, 1.807) is 0 Å². The van der Waals surface area contributed by atoms with Gasteiger partial charge < -0.3 is 15.5 Å². The van der Waals surface area contributed by atoms with Gasteiger partial charge in [0.15, 0.2) is 0 Å². The molecule has 2 aliphatic rings. The van der Waals surface area contributed by atoms with Crippen molar-refractivity contribution in [1.29, 1.82) is 0 Å². The molecule has 0 aromatic heterocycles. The summed E-state index contributed by atoms with van der Waals surface area (Å²) in [6, 6.07) is 6.15. The molecule has 1 saturated heterocycles. The summed E-state index contributed by atoms with van der Waals surface area (Å²) in [4.78, 5) is 28.3. The molecule has 0 bridgehead atoms. The highest BCUT2D eigenvalue weighted by Gasteiger charge is 2.31. The number of hydrogen-bond donors (Lipinski definition) is 1. The number of nitrogens with two attached hydrogens (primary N) is 1. The van der Waals surface area contributed by atoms with Gasteiger partial charge in [0, 0.05) is 37.7 Å². The number of carbonyl (C=O) groups is 2. The Morgan fingerprint density at radius 1 is 1.18 bits per heavy atom. The zero-order chi connectivity index (χ0) is 20.5. The third kappa shape index (κ3) is 4.08. The molecule has 5 heteroatoms. The van der Waals surface area contributed by atoms with Gasteiger partial charge in [-0.1, -0.05) is 32.1 Å². The van der Waals surface area contributed by atoms with E-state index < -0.39 is 0 Å². The van der Waals surface area contributed by atoms with E-state index in [0.29, 0.717) is 37.2 Å². The molecule has 0 radical (unpaired) electrons. The molecule has 3 rings (SSSR count). The first-order chi connectivity index (χ1) is 13.3. The number of carbonyl (C=O) groups excluding carboxylic acids is 2. The van der Waals surface area contributed by atoms with Crippen molar-refractivity contribution in [1.82, 2.24) is 9.80 Å². The van der Waals surface area contributed by atoms with Crippen molar-refractivity contribution in [2.75, 3.05) is 26.2 Å². The highest BCUT2D eigenvalue weighted by atomic mass is 16.2. The third-order valence-electron chi connectivity index (χ3n) is 6.28. The summed E-state index contributed by atoms with van der Waals surface area (Å²) < 4.78 is 0. The standard InChI is InChI=1S/C23H33N3O2/c1-5-25-14-18(15-26(6-2)22(25)28)17-7-8-19(21(24)27)20(13-17)16-9-11-23(3,4)12-10-16/h7-9,13,18H,5-6,10-12,14-15H2,1-4H3,(H2,24,27). The second-order valence-corrected chi connectivity index (χ2v) is 8.82. The molecule has 0 spiro atoms. The van der Waals surface area contributed by atoms with Crippen LogP contribution in [0.5, 0.6) is 0 Å². The van der Waals surface area contributed by atoms with Crippen LogP contribution in [0.15, 0.2) is 24.3 Å². The second kappa shape index (κ2) is 7.98. The lowest BCUT2D eigenvalue weighted by atomic mass is 9.76. The third-order valence-corrected chi connectivity index (χ3v) is 6.28. The Morgan fingerprint density at radius 2 is 1.82 bits per heavy atom. The number of hydrogen-bond acceptors (Lipinski definition) is 2. The number of likely N-dealkylation sites (N-methyl/N-ethyl adjacent to an activating group) is 2. The van der Waals surface area contributed by atoms with Crippen LogP contribution < -0.4 is 5.73 Å². The minimum absolute atomic E-state index is 0.118. The Hall–Kier alpha value is -2.30. The highest BCUT2D eigenvalue weighted by molar-refractivity contribution is 5.98. The molecule has 5 nitrogen and oxygen atoms in total. The van der Waals surface area contributed by atoms with E-state index in [1.807, 2.05) is 35.8 Å². The average molecular weight is 384 g/mol. The molecule has 0 saturated carbocycles. The van der Waals surface area contributed by atoms with Crippen LogP contribution in [0.3, 0.4) is 0 Å². The van der Waals surface area contributed by atoms with Gasteiger partial charge in [0.1, 0.15) is 0 Å². The zero-order valence-electron chi connectivity index (χ0n) is 17.6. The van der Waals surface area contributed by atoms with Crippen LogP contribution in [0.25, 0.3) is 5.57 Å². The summed E-state index contributed by atoms with van der Waals surface area (Å²) in [5.41, 5.74) is 9.96. The Kier molecular flexibility index (Phi) is 5.82. The number of rotatable bonds is 5. The van der Waals surface area contributed by atoms with Crippen molar-refractivity contribution < 1.29 is 9.59 Å². The van der Waals surface area contributed by atoms with Gasteiger partial charge in [-0.15, -0.1) is 0 Å². The first kappa shape index (κ1) is 20.4. The van der Waals surface area contributed by atoms with E-state index in [4.69, 9.17) is 5.73 Å². The summed E-state index contributed by atoms with van der Waals surface area (Å²) in [5.74, 6) is -0.143. The molecule has 1 aromatic carbocycles. The van der Waals surface area contributed by atoms with Gasteiger partial charge in [0.05, 0.1) is 0 Å². The number of benzene rings is 1. The van der Waals surface area contributed by atoms with Crippen molar-refractivity contribution in [3.8, 4) is 0 Å². The van der Waals surface area contributed by atoms with Crippen LogP contribution in [0.1, 0.15) is 74.4 Å². The largest absolute Gasteiger partial charge is 0.366 e. The molecule has 152 valence electrons. The monoisotopic (exact) mass is 383 g/mol. The van der Waals surface area contributed by atoms with Gasteiger partial charge in [0.2, 0.25) is 5.91 Å². The predicted octanol–water partition coefficient (Wildman–Crippen LogP) is 4.24. The molecule has 1 heterocycles. The number of allylic oxidation sites excluding steroid dienone is 2. The molecule has 1 fully saturated rings. The number of amides is 3. The zero-order valence-corrected chi connectivity index (χ0v) is 17.6. The van der Waals surface area contributed by atoms with Crippen LogP contribution in [-0.4, -0.2) is 47.9 Å². The summed E-state index contributed by atoms with van der Waals surface area (Å²) in [5, 5.41) is 0. The first-order valence-electron chi connectivity index (χ1n) is 10.4. The van der Waals surface area contributed by atoms with Gasteiger partial charge in [-0.2, -0.15) is 0 Å². The van der Waals surface area contributed by atoms with Crippen LogP contribution in [-0.2, 0) is 0 Å². The summed E-state index contributed by atoms with van der Waals surface area (Å²) in [6.45, 7) is 11.4. The predicted molar refractivity (Wildman–Crippen MR) is 113 cm³/mol. The number of primary amides is 1. The molecule has 1 aliphatic carbocycles. The van der Waals surface area contributed by atoms with Gasteiger partial charge in [-0.3, -0.25) is 4.79 Å². The molecule has 1 aliphatic heterocycles. The first-order valence-corrected chi connectivity index (χ1v) is 10.4. The van der Waals surface area contributed by atoms with E-state index in [1.165, 1.54) is 11.1 Å². The normalized spacial score (nSPS) is 20.3. The van der Waals surface area contributed by atoms with Crippen molar-refractivity contribution in [2.24, 2.45) is 11.1 Å². The number of nitrogens with zero attached hydrogens (tertiary/aromatic N) is 2. The average Bonchev–Trinajstić information content (AvgIpc) is 2.67. The summed E-state index contributed by atoms with van der Waals surface area (Å²) in [6.07, 6.45) is 5.35. The fourth-order valence-corrected chi connectivity index (χ4v) is 4.30. The summed E-state index contributed by atoms with van der Waals surface area (Å²) >= 11 is 0. The summed E-state index contributed by atoms with van der Waals surface area (Å²) in [7, 11) is 0. The maximum absolute atomic E-state index is 12.5. The molecule has 0 unspecified atom stereocenters. The van der Waals surface area contributed by atoms with E-state index >= 15 is 0 Å². The lowest BCUT2D eigenvalue weighted by molar-refractivity contribution is 0.1000. The topological polar surface area (TPSA) is 66.6 Å². The van der Waals surface area contributed by atoms with Gasteiger partial charge >= 0.3 is 6.03 Å².